The van der Waals surface area contributed by atoms with Gasteiger partial charge < -0.3 is 25.2 Å². The van der Waals surface area contributed by atoms with E-state index in [1.807, 2.05) is 31.2 Å². The molecule has 2 atom stereocenters. The molecule has 116 valence electrons. The average molecular weight is 294 g/mol. The molecule has 6 heteroatoms. The molecule has 1 aromatic rings. The number of rotatable bonds is 6. The third-order valence-electron chi connectivity index (χ3n) is 3.37. The number of carbonyl (C=O) groups excluding carboxylic acids is 1. The zero-order valence-electron chi connectivity index (χ0n) is 12.2. The topological polar surface area (TPSA) is 79.8 Å². The SMILES string of the molecule is C[C@H]1OCCN[C@@H]1C(=O)NCc1ccccc1OCCO. The van der Waals surface area contributed by atoms with Crippen LogP contribution in [0.5, 0.6) is 5.75 Å². The Hall–Kier alpha value is -1.63. The lowest BCUT2D eigenvalue weighted by Crippen LogP contribution is -2.55. The van der Waals surface area contributed by atoms with Crippen LogP contribution in [-0.2, 0) is 16.1 Å². The van der Waals surface area contributed by atoms with E-state index in [0.29, 0.717) is 25.4 Å². The molecule has 0 unspecified atom stereocenters. The Morgan fingerprint density at radius 2 is 2.33 bits per heavy atom. The Balaban J connectivity index is 1.91. The highest BCUT2D eigenvalue weighted by Gasteiger charge is 2.28. The smallest absolute Gasteiger partial charge is 0.240 e. The highest BCUT2D eigenvalue weighted by atomic mass is 16.5. The predicted molar refractivity (Wildman–Crippen MR) is 78.1 cm³/mol. The van der Waals surface area contributed by atoms with Gasteiger partial charge in [-0.15, -0.1) is 0 Å². The maximum absolute atomic E-state index is 12.2. The van der Waals surface area contributed by atoms with Gasteiger partial charge in [-0.25, -0.2) is 0 Å². The molecule has 21 heavy (non-hydrogen) atoms. The molecule has 0 radical (unpaired) electrons. The van der Waals surface area contributed by atoms with Crippen LogP contribution in [0.3, 0.4) is 0 Å². The second-order valence-corrected chi connectivity index (χ2v) is 4.91. The lowest BCUT2D eigenvalue weighted by Gasteiger charge is -2.29. The fourth-order valence-electron chi connectivity index (χ4n) is 2.27. The van der Waals surface area contributed by atoms with Crippen molar-refractivity contribution in [1.29, 1.82) is 0 Å². The molecular formula is C15H22N2O4. The van der Waals surface area contributed by atoms with Gasteiger partial charge in [-0.05, 0) is 13.0 Å². The Kier molecular flexibility index (Phi) is 5.98. The highest BCUT2D eigenvalue weighted by Crippen LogP contribution is 2.17. The number of hydrogen-bond acceptors (Lipinski definition) is 5. The van der Waals surface area contributed by atoms with Crippen molar-refractivity contribution in [2.24, 2.45) is 0 Å². The average Bonchev–Trinajstić information content (AvgIpc) is 2.52. The van der Waals surface area contributed by atoms with Gasteiger partial charge in [-0.3, -0.25) is 4.79 Å². The van der Waals surface area contributed by atoms with Crippen molar-refractivity contribution in [3.8, 4) is 5.75 Å². The zero-order valence-corrected chi connectivity index (χ0v) is 12.2. The van der Waals surface area contributed by atoms with Crippen molar-refractivity contribution < 1.29 is 19.4 Å². The van der Waals surface area contributed by atoms with Crippen molar-refractivity contribution >= 4 is 5.91 Å². The van der Waals surface area contributed by atoms with Gasteiger partial charge >= 0.3 is 0 Å². The Morgan fingerprint density at radius 1 is 1.52 bits per heavy atom. The normalized spacial score (nSPS) is 21.8. The number of aliphatic hydroxyl groups is 1. The van der Waals surface area contributed by atoms with Crippen molar-refractivity contribution in [3.05, 3.63) is 29.8 Å². The summed E-state index contributed by atoms with van der Waals surface area (Å²) in [6.45, 7) is 3.77. The molecule has 6 nitrogen and oxygen atoms in total. The number of ether oxygens (including phenoxy) is 2. The Labute approximate surface area is 124 Å². The minimum atomic E-state index is -0.329. The molecule has 1 fully saturated rings. The van der Waals surface area contributed by atoms with Crippen LogP contribution in [0.15, 0.2) is 24.3 Å². The van der Waals surface area contributed by atoms with E-state index in [9.17, 15) is 4.79 Å². The van der Waals surface area contributed by atoms with Crippen LogP contribution in [0.25, 0.3) is 0 Å². The monoisotopic (exact) mass is 294 g/mol. The zero-order chi connectivity index (χ0) is 15.1. The first-order valence-corrected chi connectivity index (χ1v) is 7.16. The summed E-state index contributed by atoms with van der Waals surface area (Å²) in [5.74, 6) is 0.590. The second kappa shape index (κ2) is 7.97. The van der Waals surface area contributed by atoms with Gasteiger partial charge in [0, 0.05) is 18.7 Å². The molecule has 2 rings (SSSR count). The first kappa shape index (κ1) is 15.8. The van der Waals surface area contributed by atoms with Crippen molar-refractivity contribution in [3.63, 3.8) is 0 Å². The molecule has 0 bridgehead atoms. The third-order valence-corrected chi connectivity index (χ3v) is 3.37. The Bertz CT molecular complexity index is 467. The molecule has 0 spiro atoms. The number of benzene rings is 1. The molecule has 1 aliphatic rings. The van der Waals surface area contributed by atoms with Crippen molar-refractivity contribution in [2.75, 3.05) is 26.4 Å². The summed E-state index contributed by atoms with van der Waals surface area (Å²) >= 11 is 0. The van der Waals surface area contributed by atoms with E-state index in [1.54, 1.807) is 0 Å². The van der Waals surface area contributed by atoms with Gasteiger partial charge in [-0.2, -0.15) is 0 Å². The molecule has 1 aliphatic heterocycles. The maximum atomic E-state index is 12.2. The summed E-state index contributed by atoms with van der Waals surface area (Å²) in [6.07, 6.45) is -0.139. The number of aliphatic hydroxyl groups excluding tert-OH is 1. The molecule has 0 saturated carbocycles. The summed E-state index contributed by atoms with van der Waals surface area (Å²) in [4.78, 5) is 12.2. The molecule has 0 aliphatic carbocycles. The molecule has 1 amide bonds. The molecule has 0 aromatic heterocycles. The standard InChI is InChI=1S/C15H22N2O4/c1-11-14(16-6-8-20-11)15(19)17-10-12-4-2-3-5-13(12)21-9-7-18/h2-5,11,14,16,18H,6-10H2,1H3,(H,17,19)/t11-,14+/m1/s1. The molecule has 3 N–H and O–H groups in total. The Morgan fingerprint density at radius 3 is 3.10 bits per heavy atom. The summed E-state index contributed by atoms with van der Waals surface area (Å²) in [5, 5.41) is 14.9. The molecular weight excluding hydrogens is 272 g/mol. The van der Waals surface area contributed by atoms with Crippen LogP contribution >= 0.6 is 0 Å². The quantitative estimate of drug-likeness (QED) is 0.691. The van der Waals surface area contributed by atoms with Crippen molar-refractivity contribution in [2.45, 2.75) is 25.6 Å². The van der Waals surface area contributed by atoms with Crippen LogP contribution in [0.1, 0.15) is 12.5 Å². The maximum Gasteiger partial charge on any atom is 0.240 e. The first-order chi connectivity index (χ1) is 10.2. The third kappa shape index (κ3) is 4.42. The van der Waals surface area contributed by atoms with Gasteiger partial charge in [0.05, 0.1) is 19.3 Å². The van der Waals surface area contributed by atoms with E-state index in [4.69, 9.17) is 14.6 Å². The lowest BCUT2D eigenvalue weighted by atomic mass is 10.1. The van der Waals surface area contributed by atoms with Crippen LogP contribution in [0, 0.1) is 0 Å². The molecule has 1 heterocycles. The van der Waals surface area contributed by atoms with Gasteiger partial charge in [-0.1, -0.05) is 18.2 Å². The number of morpholine rings is 1. The highest BCUT2D eigenvalue weighted by molar-refractivity contribution is 5.82. The van der Waals surface area contributed by atoms with E-state index in [2.05, 4.69) is 10.6 Å². The fourth-order valence-corrected chi connectivity index (χ4v) is 2.27. The number of amides is 1. The van der Waals surface area contributed by atoms with Crippen LogP contribution in [0.4, 0.5) is 0 Å². The van der Waals surface area contributed by atoms with E-state index >= 15 is 0 Å². The lowest BCUT2D eigenvalue weighted by molar-refractivity contribution is -0.129. The fraction of sp³-hybridized carbons (Fsp3) is 0.533. The van der Waals surface area contributed by atoms with Gasteiger partial charge in [0.2, 0.25) is 5.91 Å². The van der Waals surface area contributed by atoms with Gasteiger partial charge in [0.1, 0.15) is 18.4 Å². The summed E-state index contributed by atoms with van der Waals surface area (Å²) < 4.78 is 10.9. The summed E-state index contributed by atoms with van der Waals surface area (Å²) in [7, 11) is 0. The molecule has 1 saturated heterocycles. The predicted octanol–water partition coefficient (Wildman–Crippen LogP) is 0.0508. The summed E-state index contributed by atoms with van der Waals surface area (Å²) in [6, 6.07) is 7.13. The van der Waals surface area contributed by atoms with Crippen molar-refractivity contribution in [1.82, 2.24) is 10.6 Å². The molecule has 1 aromatic carbocycles. The van der Waals surface area contributed by atoms with Crippen LogP contribution < -0.4 is 15.4 Å². The second-order valence-electron chi connectivity index (χ2n) is 4.91. The van der Waals surface area contributed by atoms with Crippen LogP contribution in [-0.4, -0.2) is 49.5 Å². The van der Waals surface area contributed by atoms with E-state index in [1.165, 1.54) is 0 Å². The number of nitrogens with one attached hydrogen (secondary N) is 2. The van der Waals surface area contributed by atoms with Gasteiger partial charge in [0.15, 0.2) is 0 Å². The van der Waals surface area contributed by atoms with E-state index in [0.717, 1.165) is 5.56 Å². The minimum absolute atomic E-state index is 0.0401. The number of carbonyl (C=O) groups is 1. The number of hydrogen-bond donors (Lipinski definition) is 3. The first-order valence-electron chi connectivity index (χ1n) is 7.16. The van der Waals surface area contributed by atoms with Crippen LogP contribution in [0.2, 0.25) is 0 Å². The van der Waals surface area contributed by atoms with Gasteiger partial charge in [0.25, 0.3) is 0 Å². The van der Waals surface area contributed by atoms with E-state index < -0.39 is 0 Å². The number of para-hydroxylation sites is 1. The summed E-state index contributed by atoms with van der Waals surface area (Å²) in [5.41, 5.74) is 0.878. The largest absolute Gasteiger partial charge is 0.491 e. The minimum Gasteiger partial charge on any atom is -0.491 e. The van der Waals surface area contributed by atoms with E-state index in [-0.39, 0.29) is 31.3 Å².